The first-order valence-corrected chi connectivity index (χ1v) is 5.65. The lowest BCUT2D eigenvalue weighted by atomic mass is 10.3. The highest BCUT2D eigenvalue weighted by atomic mass is 32.1. The van der Waals surface area contributed by atoms with Crippen molar-refractivity contribution in [1.29, 1.82) is 0 Å². The second kappa shape index (κ2) is 4.14. The molecule has 0 aliphatic heterocycles. The third-order valence-corrected chi connectivity index (χ3v) is 2.87. The molecule has 0 amide bonds. The van der Waals surface area contributed by atoms with Gasteiger partial charge in [-0.25, -0.2) is 0 Å². The molecule has 0 atom stereocenters. The van der Waals surface area contributed by atoms with Gasteiger partial charge in [-0.2, -0.15) is 0 Å². The van der Waals surface area contributed by atoms with Gasteiger partial charge in [0, 0.05) is 12.6 Å². The van der Waals surface area contributed by atoms with Gasteiger partial charge in [-0.3, -0.25) is 4.98 Å². The Hall–Kier alpha value is -1.16. The van der Waals surface area contributed by atoms with Crippen molar-refractivity contribution in [2.24, 2.45) is 5.73 Å². The van der Waals surface area contributed by atoms with Gasteiger partial charge >= 0.3 is 0 Å². The van der Waals surface area contributed by atoms with E-state index in [1.54, 1.807) is 0 Å². The van der Waals surface area contributed by atoms with Crippen LogP contribution in [0, 0.1) is 0 Å². The number of nitrogens with two attached hydrogens (primary N) is 1. The standard InChI is InChI=1S/C11H15N3S/c1-2-14(8-3-4-8)9-5-6-10(11(12)15)13-7-9/h5-8H,2-4H2,1H3,(H2,12,15). The Morgan fingerprint density at radius 1 is 1.60 bits per heavy atom. The fraction of sp³-hybridized carbons (Fsp3) is 0.455. The number of anilines is 1. The number of nitrogens with zero attached hydrogens (tertiary/aromatic N) is 2. The lowest BCUT2D eigenvalue weighted by Crippen LogP contribution is -2.25. The van der Waals surface area contributed by atoms with Crippen LogP contribution in [0.15, 0.2) is 18.3 Å². The molecule has 0 spiro atoms. The molecule has 1 fully saturated rings. The summed E-state index contributed by atoms with van der Waals surface area (Å²) in [7, 11) is 0. The largest absolute Gasteiger partial charge is 0.388 e. The van der Waals surface area contributed by atoms with E-state index >= 15 is 0 Å². The van der Waals surface area contributed by atoms with Crippen LogP contribution in [0.25, 0.3) is 0 Å². The third-order valence-electron chi connectivity index (χ3n) is 2.66. The van der Waals surface area contributed by atoms with Gasteiger partial charge in [0.1, 0.15) is 4.99 Å². The van der Waals surface area contributed by atoms with E-state index in [1.165, 1.54) is 18.5 Å². The molecule has 0 saturated heterocycles. The summed E-state index contributed by atoms with van der Waals surface area (Å²) in [6.07, 6.45) is 4.45. The number of hydrogen-bond acceptors (Lipinski definition) is 3. The molecule has 1 saturated carbocycles. The number of thiocarbonyl (C=S) groups is 1. The molecule has 0 bridgehead atoms. The van der Waals surface area contributed by atoms with Gasteiger partial charge in [0.05, 0.1) is 17.6 Å². The molecule has 1 heterocycles. The first-order chi connectivity index (χ1) is 7.22. The van der Waals surface area contributed by atoms with Crippen molar-refractivity contribution in [3.05, 3.63) is 24.0 Å². The van der Waals surface area contributed by atoms with Crippen molar-refractivity contribution in [3.8, 4) is 0 Å². The molecule has 2 N–H and O–H groups in total. The van der Waals surface area contributed by atoms with E-state index in [2.05, 4.69) is 16.8 Å². The van der Waals surface area contributed by atoms with E-state index in [4.69, 9.17) is 18.0 Å². The monoisotopic (exact) mass is 221 g/mol. The molecule has 0 aromatic carbocycles. The minimum Gasteiger partial charge on any atom is -0.388 e. The van der Waals surface area contributed by atoms with Crippen LogP contribution in [0.2, 0.25) is 0 Å². The molecule has 4 heteroatoms. The lowest BCUT2D eigenvalue weighted by Gasteiger charge is -2.22. The number of pyridine rings is 1. The highest BCUT2D eigenvalue weighted by molar-refractivity contribution is 7.80. The van der Waals surface area contributed by atoms with Crippen LogP contribution >= 0.6 is 12.2 Å². The average Bonchev–Trinajstić information content (AvgIpc) is 3.04. The van der Waals surface area contributed by atoms with Crippen LogP contribution in [0.4, 0.5) is 5.69 Å². The third kappa shape index (κ3) is 2.26. The SMILES string of the molecule is CCN(c1ccc(C(N)=S)nc1)C1CC1. The quantitative estimate of drug-likeness (QED) is 0.786. The Balaban J connectivity index is 2.17. The van der Waals surface area contributed by atoms with E-state index in [9.17, 15) is 0 Å². The normalized spacial score (nSPS) is 15.0. The van der Waals surface area contributed by atoms with Crippen molar-refractivity contribution in [1.82, 2.24) is 4.98 Å². The molecule has 3 nitrogen and oxygen atoms in total. The molecule has 15 heavy (non-hydrogen) atoms. The molecule has 1 aliphatic carbocycles. The maximum absolute atomic E-state index is 5.50. The lowest BCUT2D eigenvalue weighted by molar-refractivity contribution is 0.823. The van der Waals surface area contributed by atoms with Gasteiger partial charge in [0.15, 0.2) is 0 Å². The highest BCUT2D eigenvalue weighted by Gasteiger charge is 2.28. The summed E-state index contributed by atoms with van der Waals surface area (Å²) >= 11 is 4.86. The van der Waals surface area contributed by atoms with Crippen molar-refractivity contribution < 1.29 is 0 Å². The van der Waals surface area contributed by atoms with Crippen molar-refractivity contribution >= 4 is 22.9 Å². The topological polar surface area (TPSA) is 42.1 Å². The zero-order valence-corrected chi connectivity index (χ0v) is 9.63. The fourth-order valence-electron chi connectivity index (χ4n) is 1.74. The summed E-state index contributed by atoms with van der Waals surface area (Å²) in [6.45, 7) is 3.19. The van der Waals surface area contributed by atoms with E-state index in [1.807, 2.05) is 18.3 Å². The summed E-state index contributed by atoms with van der Waals surface area (Å²) < 4.78 is 0. The fourth-order valence-corrected chi connectivity index (χ4v) is 1.86. The van der Waals surface area contributed by atoms with Crippen LogP contribution in [-0.2, 0) is 0 Å². The Morgan fingerprint density at radius 3 is 2.73 bits per heavy atom. The Bertz CT molecular complexity index is 357. The Kier molecular flexibility index (Phi) is 2.86. The molecule has 2 rings (SSSR count). The van der Waals surface area contributed by atoms with Crippen molar-refractivity contribution in [2.75, 3.05) is 11.4 Å². The summed E-state index contributed by atoms with van der Waals surface area (Å²) in [5, 5.41) is 0. The molecule has 80 valence electrons. The van der Waals surface area contributed by atoms with Gasteiger partial charge in [-0.1, -0.05) is 12.2 Å². The smallest absolute Gasteiger partial charge is 0.122 e. The van der Waals surface area contributed by atoms with Gasteiger partial charge in [-0.05, 0) is 31.9 Å². The first-order valence-electron chi connectivity index (χ1n) is 5.25. The zero-order valence-electron chi connectivity index (χ0n) is 8.81. The molecular weight excluding hydrogens is 206 g/mol. The molecule has 1 aromatic heterocycles. The Morgan fingerprint density at radius 2 is 2.33 bits per heavy atom. The van der Waals surface area contributed by atoms with Gasteiger partial charge in [0.2, 0.25) is 0 Å². The molecule has 1 aliphatic rings. The number of hydrogen-bond donors (Lipinski definition) is 1. The zero-order chi connectivity index (χ0) is 10.8. The molecule has 0 unspecified atom stereocenters. The first kappa shape index (κ1) is 10.4. The number of aromatic nitrogens is 1. The van der Waals surface area contributed by atoms with Gasteiger partial charge in [0.25, 0.3) is 0 Å². The average molecular weight is 221 g/mol. The minimum absolute atomic E-state index is 0.357. The molecule has 0 radical (unpaired) electrons. The van der Waals surface area contributed by atoms with Crippen LogP contribution in [0.5, 0.6) is 0 Å². The van der Waals surface area contributed by atoms with E-state index in [0.29, 0.717) is 16.7 Å². The van der Waals surface area contributed by atoms with Crippen molar-refractivity contribution in [3.63, 3.8) is 0 Å². The second-order valence-electron chi connectivity index (χ2n) is 3.78. The second-order valence-corrected chi connectivity index (χ2v) is 4.22. The van der Waals surface area contributed by atoms with Gasteiger partial charge in [-0.15, -0.1) is 0 Å². The van der Waals surface area contributed by atoms with Crippen molar-refractivity contribution in [2.45, 2.75) is 25.8 Å². The number of rotatable bonds is 4. The Labute approximate surface area is 95.3 Å². The maximum atomic E-state index is 5.50. The van der Waals surface area contributed by atoms with Crippen LogP contribution in [-0.4, -0.2) is 22.6 Å². The summed E-state index contributed by atoms with van der Waals surface area (Å²) in [5.74, 6) is 0. The van der Waals surface area contributed by atoms with Crippen LogP contribution < -0.4 is 10.6 Å². The maximum Gasteiger partial charge on any atom is 0.122 e. The van der Waals surface area contributed by atoms with E-state index in [-0.39, 0.29) is 0 Å². The predicted molar refractivity (Wildman–Crippen MR) is 66.2 cm³/mol. The predicted octanol–water partition coefficient (Wildman–Crippen LogP) is 1.70. The minimum atomic E-state index is 0.357. The van der Waals surface area contributed by atoms with Gasteiger partial charge < -0.3 is 10.6 Å². The van der Waals surface area contributed by atoms with Crippen LogP contribution in [0.1, 0.15) is 25.5 Å². The van der Waals surface area contributed by atoms with E-state index < -0.39 is 0 Å². The van der Waals surface area contributed by atoms with Crippen LogP contribution in [0.3, 0.4) is 0 Å². The molecular formula is C11H15N3S. The summed E-state index contributed by atoms with van der Waals surface area (Å²) in [4.78, 5) is 6.98. The summed E-state index contributed by atoms with van der Waals surface area (Å²) in [6, 6.07) is 4.65. The molecule has 1 aromatic rings. The van der Waals surface area contributed by atoms with E-state index in [0.717, 1.165) is 6.54 Å². The summed E-state index contributed by atoms with van der Waals surface area (Å²) in [5.41, 5.74) is 7.36. The highest BCUT2D eigenvalue weighted by Crippen LogP contribution is 2.30.